The third kappa shape index (κ3) is 3.54. The van der Waals surface area contributed by atoms with Gasteiger partial charge in [-0.3, -0.25) is 0 Å². The van der Waals surface area contributed by atoms with Gasteiger partial charge >= 0.3 is 0 Å². The maximum absolute atomic E-state index is 2.49. The van der Waals surface area contributed by atoms with E-state index in [0.717, 1.165) is 25.9 Å². The molecule has 2 heteroatoms. The Morgan fingerprint density at radius 1 is 0.649 bits per heavy atom. The molecule has 37 heavy (non-hydrogen) atoms. The number of aromatic nitrogens is 2. The molecule has 4 heterocycles. The fraction of sp³-hybridized carbons (Fsp3) is 0.200. The van der Waals surface area contributed by atoms with Gasteiger partial charge in [-0.15, -0.1) is 0 Å². The van der Waals surface area contributed by atoms with E-state index < -0.39 is 0 Å². The van der Waals surface area contributed by atoms with Crippen LogP contribution in [0.15, 0.2) is 79.1 Å². The van der Waals surface area contributed by atoms with Gasteiger partial charge in [0.2, 0.25) is 11.4 Å². The van der Waals surface area contributed by atoms with Gasteiger partial charge < -0.3 is 0 Å². The van der Waals surface area contributed by atoms with E-state index in [1.54, 1.807) is 0 Å². The van der Waals surface area contributed by atoms with E-state index in [2.05, 4.69) is 121 Å². The minimum absolute atomic E-state index is 1.03. The molecule has 5 aromatic rings. The van der Waals surface area contributed by atoms with Gasteiger partial charge in [-0.05, 0) is 65.6 Å². The van der Waals surface area contributed by atoms with Crippen molar-refractivity contribution in [1.82, 2.24) is 0 Å². The van der Waals surface area contributed by atoms with Gasteiger partial charge in [0.15, 0.2) is 25.5 Å². The molecule has 0 atom stereocenters. The Kier molecular flexibility index (Phi) is 5.11. The summed E-state index contributed by atoms with van der Waals surface area (Å²) in [6.45, 7) is 8.88. The van der Waals surface area contributed by atoms with Crippen LogP contribution in [0.4, 0.5) is 0 Å². The van der Waals surface area contributed by atoms with Crippen LogP contribution in [0.1, 0.15) is 38.9 Å². The molecule has 0 fully saturated rings. The van der Waals surface area contributed by atoms with Gasteiger partial charge in [0.05, 0.1) is 16.5 Å². The van der Waals surface area contributed by atoms with Crippen LogP contribution in [0.2, 0.25) is 0 Å². The molecule has 2 nitrogen and oxygen atoms in total. The lowest BCUT2D eigenvalue weighted by molar-refractivity contribution is -0.689. The Labute approximate surface area is 219 Å². The molecule has 0 unspecified atom stereocenters. The molecule has 180 valence electrons. The van der Waals surface area contributed by atoms with Crippen LogP contribution in [-0.2, 0) is 25.9 Å². The quantitative estimate of drug-likeness (QED) is 0.241. The van der Waals surface area contributed by atoms with Gasteiger partial charge in [-0.2, -0.15) is 9.13 Å². The second-order valence-corrected chi connectivity index (χ2v) is 10.7. The molecule has 3 aromatic carbocycles. The standard InChI is InChI=1S/C35H32N2/c1-23-8-10-26(11-9-23)12-13-27-14-18-36-20-16-29-24(2)25(3)30-17-21-37-19-15-28-6-4-5-7-31(28)35(37)34(30)33(29)32(36)22-27/h4-15,18-19,22H,16-17,20-21H2,1-3H3/q+2/b13-12+. The summed E-state index contributed by atoms with van der Waals surface area (Å²) in [4.78, 5) is 0. The molecule has 2 aromatic heterocycles. The summed E-state index contributed by atoms with van der Waals surface area (Å²) in [5.41, 5.74) is 15.4. The fourth-order valence-corrected chi connectivity index (χ4v) is 6.41. The topological polar surface area (TPSA) is 7.76 Å². The molecule has 0 bridgehead atoms. The van der Waals surface area contributed by atoms with Crippen LogP contribution in [-0.4, -0.2) is 0 Å². The van der Waals surface area contributed by atoms with Crippen LogP contribution in [0.5, 0.6) is 0 Å². The lowest BCUT2D eigenvalue weighted by atomic mass is 9.79. The van der Waals surface area contributed by atoms with Crippen LogP contribution >= 0.6 is 0 Å². The first-order chi connectivity index (χ1) is 18.1. The van der Waals surface area contributed by atoms with Gasteiger partial charge in [-0.25, -0.2) is 0 Å². The van der Waals surface area contributed by atoms with E-state index in [-0.39, 0.29) is 0 Å². The highest BCUT2D eigenvalue weighted by Crippen LogP contribution is 2.44. The third-order valence-corrected chi connectivity index (χ3v) is 8.56. The maximum atomic E-state index is 2.49. The second kappa shape index (κ2) is 8.52. The number of rotatable bonds is 2. The van der Waals surface area contributed by atoms with Crippen LogP contribution in [0, 0.1) is 20.8 Å². The molecule has 0 N–H and O–H groups in total. The summed E-state index contributed by atoms with van der Waals surface area (Å²) >= 11 is 0. The summed E-state index contributed by atoms with van der Waals surface area (Å²) in [5, 5.41) is 2.66. The average Bonchev–Trinajstić information content (AvgIpc) is 2.94. The van der Waals surface area contributed by atoms with Crippen molar-refractivity contribution in [3.63, 3.8) is 0 Å². The molecule has 0 saturated heterocycles. The SMILES string of the molecule is Cc1ccc(/C=C/c2cc[n+]3c(c2)-c2c(c(C)c(C)c4c2-c2c5ccccc5cc[n+]2CC4)CC3)cc1. The fourth-order valence-electron chi connectivity index (χ4n) is 6.41. The van der Waals surface area contributed by atoms with Crippen LogP contribution in [0.3, 0.4) is 0 Å². The molecule has 2 aliphatic heterocycles. The van der Waals surface area contributed by atoms with Crippen molar-refractivity contribution < 1.29 is 9.13 Å². The van der Waals surface area contributed by atoms with Crippen molar-refractivity contribution in [2.45, 2.75) is 46.7 Å². The van der Waals surface area contributed by atoms with E-state index in [4.69, 9.17) is 0 Å². The summed E-state index contributed by atoms with van der Waals surface area (Å²) in [5.74, 6) is 0. The lowest BCUT2D eigenvalue weighted by Crippen LogP contribution is -2.43. The first-order valence-corrected chi connectivity index (χ1v) is 13.4. The molecular weight excluding hydrogens is 448 g/mol. The smallest absolute Gasteiger partial charge is 0.198 e. The van der Waals surface area contributed by atoms with E-state index in [1.807, 2.05) is 0 Å². The number of benzene rings is 3. The van der Waals surface area contributed by atoms with Crippen molar-refractivity contribution in [2.24, 2.45) is 0 Å². The highest BCUT2D eigenvalue weighted by molar-refractivity contribution is 5.99. The Hall–Kier alpha value is -4.04. The third-order valence-electron chi connectivity index (χ3n) is 8.56. The van der Waals surface area contributed by atoms with Crippen LogP contribution in [0.25, 0.3) is 45.4 Å². The molecule has 0 aliphatic carbocycles. The summed E-state index contributed by atoms with van der Waals surface area (Å²) < 4.78 is 4.95. The predicted octanol–water partition coefficient (Wildman–Crippen LogP) is 6.96. The Balaban J connectivity index is 1.47. The minimum atomic E-state index is 1.03. The molecule has 2 aliphatic rings. The molecule has 0 radical (unpaired) electrons. The largest absolute Gasteiger partial charge is 0.221 e. The molecule has 7 rings (SSSR count). The molecule has 0 saturated carbocycles. The number of hydrogen-bond acceptors (Lipinski definition) is 0. The van der Waals surface area contributed by atoms with Gasteiger partial charge in [0, 0.05) is 31.0 Å². The molecular formula is C35H32N2+2. The average molecular weight is 481 g/mol. The van der Waals surface area contributed by atoms with E-state index >= 15 is 0 Å². The number of fused-ring (bicyclic) bond motifs is 9. The van der Waals surface area contributed by atoms with E-state index in [0.29, 0.717) is 0 Å². The highest BCUT2D eigenvalue weighted by atomic mass is 15.0. The maximum Gasteiger partial charge on any atom is 0.221 e. The van der Waals surface area contributed by atoms with E-state index in [9.17, 15) is 0 Å². The second-order valence-electron chi connectivity index (χ2n) is 10.7. The van der Waals surface area contributed by atoms with Gasteiger partial charge in [0.1, 0.15) is 0 Å². The van der Waals surface area contributed by atoms with Crippen molar-refractivity contribution in [1.29, 1.82) is 0 Å². The summed E-state index contributed by atoms with van der Waals surface area (Å²) in [6, 6.07) is 24.5. The first-order valence-electron chi connectivity index (χ1n) is 13.4. The van der Waals surface area contributed by atoms with Gasteiger partial charge in [0.25, 0.3) is 0 Å². The summed E-state index contributed by atoms with van der Waals surface area (Å²) in [7, 11) is 0. The van der Waals surface area contributed by atoms with Crippen LogP contribution < -0.4 is 9.13 Å². The number of hydrogen-bond donors (Lipinski definition) is 0. The first kappa shape index (κ1) is 22.2. The van der Waals surface area contributed by atoms with Crippen molar-refractivity contribution >= 4 is 22.9 Å². The van der Waals surface area contributed by atoms with Gasteiger partial charge in [-0.1, -0.05) is 60.2 Å². The van der Waals surface area contributed by atoms with Crippen molar-refractivity contribution in [3.8, 4) is 22.5 Å². The molecule has 0 amide bonds. The zero-order valence-corrected chi connectivity index (χ0v) is 21.9. The lowest BCUT2D eigenvalue weighted by Gasteiger charge is -2.27. The monoisotopic (exact) mass is 480 g/mol. The van der Waals surface area contributed by atoms with E-state index in [1.165, 1.54) is 72.2 Å². The normalized spacial score (nSPS) is 13.8. The number of pyridine rings is 2. The predicted molar refractivity (Wildman–Crippen MR) is 152 cm³/mol. The Morgan fingerprint density at radius 3 is 2.14 bits per heavy atom. The minimum Gasteiger partial charge on any atom is -0.198 e. The zero-order chi connectivity index (χ0) is 25.1. The zero-order valence-electron chi connectivity index (χ0n) is 21.9. The molecule has 0 spiro atoms. The number of aryl methyl sites for hydroxylation is 3. The Morgan fingerprint density at radius 2 is 1.32 bits per heavy atom. The Bertz CT molecular complexity index is 1740. The van der Waals surface area contributed by atoms with Crippen molar-refractivity contribution in [3.05, 3.63) is 118 Å². The van der Waals surface area contributed by atoms with Crippen molar-refractivity contribution in [2.75, 3.05) is 0 Å². The highest BCUT2D eigenvalue weighted by Gasteiger charge is 2.37. The number of nitrogens with zero attached hydrogens (tertiary/aromatic N) is 2. The summed E-state index contributed by atoms with van der Waals surface area (Å²) in [6.07, 6.45) is 11.2.